The number of thioether (sulfide) groups is 1. The smallest absolute Gasteiger partial charge is 0.366 e. The number of hydrogen-bond acceptors (Lipinski definition) is 4. The molecule has 0 spiro atoms. The van der Waals surface area contributed by atoms with Crippen LogP contribution in [0.15, 0.2) is 29.4 Å². The first kappa shape index (κ1) is 12.7. The molecule has 0 aliphatic carbocycles. The zero-order chi connectivity index (χ0) is 13.3. The van der Waals surface area contributed by atoms with E-state index in [1.165, 1.54) is 24.3 Å². The molecule has 96 valence electrons. The molecule has 1 unspecified atom stereocenters. The molecule has 2 rings (SSSR count). The van der Waals surface area contributed by atoms with Crippen LogP contribution in [-0.4, -0.2) is 22.8 Å². The molecule has 8 heteroatoms. The number of hydrogen-bond donors (Lipinski definition) is 1. The number of nitrogens with two attached hydrogens (primary N) is 1. The van der Waals surface area contributed by atoms with Crippen LogP contribution in [0.5, 0.6) is 0 Å². The first-order chi connectivity index (χ1) is 8.39. The monoisotopic (exact) mass is 275 g/mol. The van der Waals surface area contributed by atoms with Crippen LogP contribution >= 0.6 is 11.8 Å². The van der Waals surface area contributed by atoms with Gasteiger partial charge in [0.15, 0.2) is 0 Å². The summed E-state index contributed by atoms with van der Waals surface area (Å²) in [5.41, 5.74) is 6.70. The summed E-state index contributed by atoms with van der Waals surface area (Å²) in [6, 6.07) is 5.78. The van der Waals surface area contributed by atoms with Crippen molar-refractivity contribution in [1.82, 2.24) is 5.01 Å². The Labute approximate surface area is 105 Å². The highest BCUT2D eigenvalue weighted by Crippen LogP contribution is 2.42. The van der Waals surface area contributed by atoms with Gasteiger partial charge in [-0.1, -0.05) is 23.9 Å². The molecule has 4 nitrogen and oxygen atoms in total. The summed E-state index contributed by atoms with van der Waals surface area (Å²) in [4.78, 5) is 11.0. The van der Waals surface area contributed by atoms with Crippen LogP contribution in [-0.2, 0) is 0 Å². The molecule has 1 heterocycles. The summed E-state index contributed by atoms with van der Waals surface area (Å²) in [6.45, 7) is 0. The first-order valence-corrected chi connectivity index (χ1v) is 5.77. The number of nitrogens with zero attached hydrogens (tertiary/aromatic N) is 2. The van der Waals surface area contributed by atoms with Crippen molar-refractivity contribution in [1.29, 1.82) is 0 Å². The molecule has 0 aromatic heterocycles. The van der Waals surface area contributed by atoms with Gasteiger partial charge in [-0.2, -0.15) is 10.1 Å². The van der Waals surface area contributed by atoms with Gasteiger partial charge in [0.25, 0.3) is 0 Å². The van der Waals surface area contributed by atoms with Crippen molar-refractivity contribution in [3.8, 4) is 0 Å². The second-order valence-corrected chi connectivity index (χ2v) is 4.44. The molecule has 0 bridgehead atoms. The number of carbonyl (C=O) groups is 1. The van der Waals surface area contributed by atoms with E-state index in [1.54, 1.807) is 0 Å². The van der Waals surface area contributed by atoms with E-state index in [-0.39, 0.29) is 10.6 Å². The van der Waals surface area contributed by atoms with Gasteiger partial charge in [-0.05, 0) is 17.7 Å². The van der Waals surface area contributed by atoms with Crippen molar-refractivity contribution in [2.75, 3.05) is 0 Å². The summed E-state index contributed by atoms with van der Waals surface area (Å²) in [5.74, 6) is -0.681. The predicted octanol–water partition coefficient (Wildman–Crippen LogP) is 2.30. The number of halogens is 3. The van der Waals surface area contributed by atoms with Crippen molar-refractivity contribution in [3.63, 3.8) is 0 Å². The molecule has 0 fully saturated rings. The second-order valence-electron chi connectivity index (χ2n) is 3.51. The molecular formula is C10H8F3N3OS. The number of hydrazone groups is 1. The third-order valence-electron chi connectivity index (χ3n) is 2.30. The van der Waals surface area contributed by atoms with Crippen LogP contribution in [0, 0.1) is 0 Å². The zero-order valence-corrected chi connectivity index (χ0v) is 9.70. The molecule has 18 heavy (non-hydrogen) atoms. The Balaban J connectivity index is 2.32. The lowest BCUT2D eigenvalue weighted by Gasteiger charge is -2.24. The molecule has 1 aromatic rings. The van der Waals surface area contributed by atoms with Crippen molar-refractivity contribution < 1.29 is 18.0 Å². The Morgan fingerprint density at radius 2 is 2.17 bits per heavy atom. The fraction of sp³-hybridized carbons (Fsp3) is 0.200. The number of primary amides is 1. The van der Waals surface area contributed by atoms with Crippen LogP contribution in [0.4, 0.5) is 13.2 Å². The normalized spacial score (nSPS) is 19.3. The van der Waals surface area contributed by atoms with E-state index in [2.05, 4.69) is 5.10 Å². The zero-order valence-electron chi connectivity index (χ0n) is 8.89. The minimum absolute atomic E-state index is 0.0395. The molecule has 1 aliphatic rings. The third-order valence-corrected chi connectivity index (χ3v) is 3.25. The third kappa shape index (κ3) is 2.42. The Bertz CT molecular complexity index is 503. The predicted molar refractivity (Wildman–Crippen MR) is 61.7 cm³/mol. The van der Waals surface area contributed by atoms with Gasteiger partial charge in [-0.25, -0.2) is 0 Å². The molecule has 1 atom stereocenters. The summed E-state index contributed by atoms with van der Waals surface area (Å²) in [6.07, 6.45) is -4.56. The topological polar surface area (TPSA) is 58.7 Å². The van der Waals surface area contributed by atoms with Crippen LogP contribution in [0.2, 0.25) is 0 Å². The number of alkyl halides is 3. The summed E-state index contributed by atoms with van der Waals surface area (Å²) < 4.78 is 38.0. The number of benzene rings is 1. The quantitative estimate of drug-likeness (QED) is 0.842. The Morgan fingerprint density at radius 1 is 1.44 bits per heavy atom. The summed E-state index contributed by atoms with van der Waals surface area (Å²) in [5, 5.41) is 2.29. The molecule has 2 N–H and O–H groups in total. The molecule has 0 saturated carbocycles. The average Bonchev–Trinajstić information content (AvgIpc) is 2.77. The molecule has 0 saturated heterocycles. The molecular weight excluding hydrogens is 267 g/mol. The lowest BCUT2D eigenvalue weighted by Crippen LogP contribution is -2.33. The van der Waals surface area contributed by atoms with E-state index < -0.39 is 17.6 Å². The number of carbonyl (C=O) groups excluding carboxylic acids is 1. The number of amides is 1. The highest BCUT2D eigenvalue weighted by atomic mass is 32.2. The van der Waals surface area contributed by atoms with E-state index in [9.17, 15) is 18.0 Å². The van der Waals surface area contributed by atoms with Gasteiger partial charge in [-0.15, -0.1) is 13.2 Å². The maximum absolute atomic E-state index is 12.7. The van der Waals surface area contributed by atoms with Gasteiger partial charge in [0.2, 0.25) is 5.91 Å². The second kappa shape index (κ2) is 4.52. The van der Waals surface area contributed by atoms with Gasteiger partial charge in [0.1, 0.15) is 5.37 Å². The molecule has 1 aliphatic heterocycles. The molecule has 1 aromatic carbocycles. The largest absolute Gasteiger partial charge is 0.501 e. The molecule has 1 amide bonds. The lowest BCUT2D eigenvalue weighted by atomic mass is 10.1. The standard InChI is InChI=1S/C10H8F3N3OS/c11-10(12,13)16-9(18-5-15-16)7-3-1-2-6(4-7)8(14)17/h1-5,9H,(H2,14,17). The van der Waals surface area contributed by atoms with E-state index in [0.717, 1.165) is 17.3 Å². The van der Waals surface area contributed by atoms with Crippen LogP contribution in [0.3, 0.4) is 0 Å². The van der Waals surface area contributed by atoms with Gasteiger partial charge in [0.05, 0.1) is 5.55 Å². The Hall–Kier alpha value is -1.70. The number of rotatable bonds is 2. The van der Waals surface area contributed by atoms with Gasteiger partial charge < -0.3 is 5.73 Å². The summed E-state index contributed by atoms with van der Waals surface area (Å²) in [7, 11) is 0. The summed E-state index contributed by atoms with van der Waals surface area (Å²) >= 11 is 0.913. The Morgan fingerprint density at radius 3 is 2.78 bits per heavy atom. The van der Waals surface area contributed by atoms with Gasteiger partial charge >= 0.3 is 6.30 Å². The Kier molecular flexibility index (Phi) is 3.20. The van der Waals surface area contributed by atoms with Gasteiger partial charge in [-0.3, -0.25) is 4.79 Å². The van der Waals surface area contributed by atoms with Crippen molar-refractivity contribution in [2.24, 2.45) is 10.8 Å². The SMILES string of the molecule is NC(=O)c1cccc(C2SC=NN2C(F)(F)F)c1. The van der Waals surface area contributed by atoms with E-state index >= 15 is 0 Å². The van der Waals surface area contributed by atoms with Crippen molar-refractivity contribution in [3.05, 3.63) is 35.4 Å². The maximum Gasteiger partial charge on any atom is 0.501 e. The molecule has 0 radical (unpaired) electrons. The van der Waals surface area contributed by atoms with Crippen LogP contribution in [0.25, 0.3) is 0 Å². The minimum Gasteiger partial charge on any atom is -0.366 e. The van der Waals surface area contributed by atoms with E-state index in [0.29, 0.717) is 5.56 Å². The average molecular weight is 275 g/mol. The highest BCUT2D eigenvalue weighted by Gasteiger charge is 2.44. The fourth-order valence-corrected chi connectivity index (χ4v) is 2.38. The highest BCUT2D eigenvalue weighted by molar-refractivity contribution is 8.12. The van der Waals surface area contributed by atoms with Crippen molar-refractivity contribution >= 4 is 23.2 Å². The van der Waals surface area contributed by atoms with E-state index in [1.807, 2.05) is 0 Å². The lowest BCUT2D eigenvalue weighted by molar-refractivity contribution is -0.249. The minimum atomic E-state index is -4.56. The van der Waals surface area contributed by atoms with Gasteiger partial charge in [0, 0.05) is 5.56 Å². The maximum atomic E-state index is 12.7. The fourth-order valence-electron chi connectivity index (χ4n) is 1.52. The van der Waals surface area contributed by atoms with Crippen molar-refractivity contribution in [2.45, 2.75) is 11.7 Å². The van der Waals surface area contributed by atoms with Crippen LogP contribution in [0.1, 0.15) is 21.3 Å². The van der Waals surface area contributed by atoms with Crippen LogP contribution < -0.4 is 5.73 Å². The van der Waals surface area contributed by atoms with E-state index in [4.69, 9.17) is 5.73 Å². The first-order valence-electron chi connectivity index (χ1n) is 4.83.